The first-order valence-corrected chi connectivity index (χ1v) is 9.55. The van der Waals surface area contributed by atoms with Gasteiger partial charge in [0.05, 0.1) is 5.25 Å². The van der Waals surface area contributed by atoms with Gasteiger partial charge in [0.15, 0.2) is 0 Å². The van der Waals surface area contributed by atoms with Gasteiger partial charge in [-0.05, 0) is 62.9 Å². The van der Waals surface area contributed by atoms with Crippen molar-refractivity contribution in [1.29, 1.82) is 0 Å². The van der Waals surface area contributed by atoms with Crippen LogP contribution >= 0.6 is 11.8 Å². The van der Waals surface area contributed by atoms with E-state index in [1.54, 1.807) is 0 Å². The first-order valence-electron chi connectivity index (χ1n) is 8.50. The monoisotopic (exact) mass is 307 g/mol. The molecule has 0 amide bonds. The molecule has 0 spiro atoms. The molecule has 1 saturated heterocycles. The lowest BCUT2D eigenvalue weighted by Crippen LogP contribution is -2.20. The van der Waals surface area contributed by atoms with Crippen molar-refractivity contribution < 1.29 is 0 Å². The number of nitrogens with zero attached hydrogens (tertiary/aromatic N) is 2. The Hall–Kier alpha value is -0.610. The summed E-state index contributed by atoms with van der Waals surface area (Å²) < 4.78 is 0. The molecule has 1 unspecified atom stereocenters. The maximum Gasteiger partial charge on any atom is 0.141 e. The average molecular weight is 308 g/mol. The van der Waals surface area contributed by atoms with E-state index in [4.69, 9.17) is 9.97 Å². The highest BCUT2D eigenvalue weighted by Crippen LogP contribution is 2.38. The van der Waals surface area contributed by atoms with E-state index in [9.17, 15) is 0 Å². The van der Waals surface area contributed by atoms with Gasteiger partial charge < -0.3 is 5.32 Å². The Labute approximate surface area is 133 Å². The summed E-state index contributed by atoms with van der Waals surface area (Å²) in [6, 6.07) is 0. The molecule has 1 aromatic heterocycles. The third-order valence-corrected chi connectivity index (χ3v) is 5.43. The summed E-state index contributed by atoms with van der Waals surface area (Å²) in [6.45, 7) is 8.78. The van der Waals surface area contributed by atoms with E-state index in [-0.39, 0.29) is 0 Å². The summed E-state index contributed by atoms with van der Waals surface area (Å²) in [5.74, 6) is 2.36. The largest absolute Gasteiger partial charge is 0.316 e. The molecule has 0 radical (unpaired) electrons. The van der Waals surface area contributed by atoms with Crippen molar-refractivity contribution in [3.63, 3.8) is 0 Å². The number of aromatic nitrogens is 2. The van der Waals surface area contributed by atoms with E-state index < -0.39 is 0 Å². The van der Waals surface area contributed by atoms with Crippen LogP contribution in [0.25, 0.3) is 0 Å². The fourth-order valence-corrected chi connectivity index (χ4v) is 4.12. The second-order valence-corrected chi connectivity index (χ2v) is 6.97. The summed E-state index contributed by atoms with van der Waals surface area (Å²) in [5, 5.41) is 4.03. The highest BCUT2D eigenvalue weighted by molar-refractivity contribution is 7.99. The Bertz CT molecular complexity index is 417. The summed E-state index contributed by atoms with van der Waals surface area (Å²) in [4.78, 5) is 9.84. The van der Waals surface area contributed by atoms with Gasteiger partial charge in [-0.3, -0.25) is 0 Å². The molecule has 0 aromatic carbocycles. The van der Waals surface area contributed by atoms with Gasteiger partial charge in [-0.25, -0.2) is 9.97 Å². The summed E-state index contributed by atoms with van der Waals surface area (Å²) >= 11 is 2.03. The molecule has 1 aliphatic heterocycles. The molecule has 2 rings (SSSR count). The van der Waals surface area contributed by atoms with Gasteiger partial charge in [0.1, 0.15) is 5.82 Å². The molecule has 1 atom stereocenters. The Morgan fingerprint density at radius 1 is 1.10 bits per heavy atom. The lowest BCUT2D eigenvalue weighted by atomic mass is 10.0. The van der Waals surface area contributed by atoms with Gasteiger partial charge >= 0.3 is 0 Å². The van der Waals surface area contributed by atoms with Gasteiger partial charge in [-0.15, -0.1) is 0 Å². The molecule has 1 N–H and O–H groups in total. The first kappa shape index (κ1) is 16.8. The van der Waals surface area contributed by atoms with Crippen molar-refractivity contribution in [2.24, 2.45) is 0 Å². The fraction of sp³-hybridized carbons (Fsp3) is 0.765. The minimum absolute atomic E-state index is 0.535. The van der Waals surface area contributed by atoms with Gasteiger partial charge in [0.25, 0.3) is 0 Å². The predicted molar refractivity (Wildman–Crippen MR) is 92.1 cm³/mol. The van der Waals surface area contributed by atoms with Crippen LogP contribution in [0.2, 0.25) is 0 Å². The van der Waals surface area contributed by atoms with Crippen molar-refractivity contribution in [2.75, 3.05) is 18.8 Å². The molecule has 118 valence electrons. The predicted octanol–water partition coefficient (Wildman–Crippen LogP) is 3.71. The quantitative estimate of drug-likeness (QED) is 0.743. The van der Waals surface area contributed by atoms with Crippen molar-refractivity contribution >= 4 is 11.8 Å². The Kier molecular flexibility index (Phi) is 6.97. The molecule has 0 saturated carbocycles. The minimum atomic E-state index is 0.535. The van der Waals surface area contributed by atoms with Crippen LogP contribution in [0, 0.1) is 0 Å². The molecule has 4 heteroatoms. The SMILES string of the molecule is CCCNCCc1c(CC)nc(C2CCCS2)nc1CC. The molecule has 0 aliphatic carbocycles. The number of nitrogens with one attached hydrogen (secondary N) is 1. The highest BCUT2D eigenvalue weighted by atomic mass is 32.2. The van der Waals surface area contributed by atoms with E-state index in [0.29, 0.717) is 5.25 Å². The maximum atomic E-state index is 4.92. The molecule has 1 aliphatic rings. The summed E-state index contributed by atoms with van der Waals surface area (Å²) in [7, 11) is 0. The number of hydrogen-bond donors (Lipinski definition) is 1. The standard InChI is InChI=1S/C17H29N3S/c1-4-10-18-11-9-13-14(5-2)19-17(20-15(13)6-3)16-8-7-12-21-16/h16,18H,4-12H2,1-3H3. The van der Waals surface area contributed by atoms with Crippen LogP contribution in [0.4, 0.5) is 0 Å². The van der Waals surface area contributed by atoms with E-state index in [0.717, 1.165) is 38.2 Å². The molecular weight excluding hydrogens is 278 g/mol. The number of hydrogen-bond acceptors (Lipinski definition) is 4. The van der Waals surface area contributed by atoms with Crippen molar-refractivity contribution in [3.05, 3.63) is 22.8 Å². The smallest absolute Gasteiger partial charge is 0.141 e. The third kappa shape index (κ3) is 4.43. The van der Waals surface area contributed by atoms with Crippen LogP contribution in [0.5, 0.6) is 0 Å². The van der Waals surface area contributed by atoms with Crippen LogP contribution in [0.3, 0.4) is 0 Å². The van der Waals surface area contributed by atoms with Gasteiger partial charge in [-0.1, -0.05) is 20.8 Å². The third-order valence-electron chi connectivity index (χ3n) is 4.06. The molecule has 1 fully saturated rings. The average Bonchev–Trinajstić information content (AvgIpc) is 3.05. The first-order chi connectivity index (χ1) is 10.3. The second kappa shape index (κ2) is 8.74. The molecule has 2 heterocycles. The Balaban J connectivity index is 2.17. The van der Waals surface area contributed by atoms with Crippen LogP contribution in [0.1, 0.15) is 68.1 Å². The summed E-state index contributed by atoms with van der Waals surface area (Å²) in [5.41, 5.74) is 3.96. The van der Waals surface area contributed by atoms with Crippen molar-refractivity contribution in [3.8, 4) is 0 Å². The minimum Gasteiger partial charge on any atom is -0.316 e. The lowest BCUT2D eigenvalue weighted by Gasteiger charge is -2.16. The van der Waals surface area contributed by atoms with Crippen LogP contribution in [-0.2, 0) is 19.3 Å². The van der Waals surface area contributed by atoms with Crippen LogP contribution in [0.15, 0.2) is 0 Å². The number of thioether (sulfide) groups is 1. The van der Waals surface area contributed by atoms with Gasteiger partial charge in [0.2, 0.25) is 0 Å². The number of rotatable bonds is 8. The maximum absolute atomic E-state index is 4.92. The zero-order valence-corrected chi connectivity index (χ0v) is 14.6. The van der Waals surface area contributed by atoms with Crippen molar-refractivity contribution in [2.45, 2.75) is 64.5 Å². The normalized spacial score (nSPS) is 18.3. The molecule has 21 heavy (non-hydrogen) atoms. The van der Waals surface area contributed by atoms with Crippen LogP contribution in [-0.4, -0.2) is 28.8 Å². The molecule has 1 aromatic rings. The fourth-order valence-electron chi connectivity index (χ4n) is 2.92. The van der Waals surface area contributed by atoms with E-state index in [1.165, 1.54) is 42.0 Å². The number of aryl methyl sites for hydroxylation is 2. The molecule has 0 bridgehead atoms. The van der Waals surface area contributed by atoms with Crippen LogP contribution < -0.4 is 5.32 Å². The van der Waals surface area contributed by atoms with E-state index >= 15 is 0 Å². The Morgan fingerprint density at radius 3 is 2.33 bits per heavy atom. The second-order valence-electron chi connectivity index (χ2n) is 5.66. The summed E-state index contributed by atoms with van der Waals surface area (Å²) in [6.07, 6.45) is 6.84. The zero-order chi connectivity index (χ0) is 15.1. The van der Waals surface area contributed by atoms with E-state index in [2.05, 4.69) is 26.1 Å². The molecular formula is C17H29N3S. The van der Waals surface area contributed by atoms with Crippen molar-refractivity contribution in [1.82, 2.24) is 15.3 Å². The Morgan fingerprint density at radius 2 is 1.81 bits per heavy atom. The lowest BCUT2D eigenvalue weighted by molar-refractivity contribution is 0.658. The highest BCUT2D eigenvalue weighted by Gasteiger charge is 2.22. The molecule has 3 nitrogen and oxygen atoms in total. The van der Waals surface area contributed by atoms with Gasteiger partial charge in [0, 0.05) is 11.4 Å². The van der Waals surface area contributed by atoms with E-state index in [1.807, 2.05) is 11.8 Å². The van der Waals surface area contributed by atoms with Gasteiger partial charge in [-0.2, -0.15) is 11.8 Å². The topological polar surface area (TPSA) is 37.8 Å². The zero-order valence-electron chi connectivity index (χ0n) is 13.7.